The Bertz CT molecular complexity index is 626. The molecule has 0 saturated carbocycles. The number of aryl methyl sites for hydroxylation is 1. The Hall–Kier alpha value is -2.35. The number of benzene rings is 2. The van der Waals surface area contributed by atoms with Crippen LogP contribution in [0.3, 0.4) is 0 Å². The number of para-hydroxylation sites is 1. The molecule has 2 aromatic rings. The molecule has 1 heterocycles. The predicted octanol–water partition coefficient (Wildman–Crippen LogP) is 3.77. The Balaban J connectivity index is 2.01. The molecule has 2 heteroatoms. The van der Waals surface area contributed by atoms with Crippen molar-refractivity contribution >= 4 is 17.3 Å². The van der Waals surface area contributed by atoms with Crippen molar-refractivity contribution in [3.05, 3.63) is 71.8 Å². The maximum absolute atomic E-state index is 12.1. The van der Waals surface area contributed by atoms with Crippen LogP contribution in [0.25, 0.3) is 5.70 Å². The van der Waals surface area contributed by atoms with Gasteiger partial charge in [-0.3, -0.25) is 9.69 Å². The Kier molecular flexibility index (Phi) is 2.92. The van der Waals surface area contributed by atoms with E-state index in [2.05, 4.69) is 31.2 Å². The number of nitrogens with zero attached hydrogens (tertiary/aromatic N) is 1. The third kappa shape index (κ3) is 2.17. The third-order valence-electron chi connectivity index (χ3n) is 3.32. The molecule has 0 N–H and O–H groups in total. The Morgan fingerprint density at radius 3 is 2.32 bits per heavy atom. The summed E-state index contributed by atoms with van der Waals surface area (Å²) in [6.45, 7) is 2.06. The lowest BCUT2D eigenvalue weighted by Gasteiger charge is -2.21. The number of carbonyl (C=O) groups is 1. The molecule has 1 amide bonds. The van der Waals surface area contributed by atoms with Crippen molar-refractivity contribution in [2.75, 3.05) is 4.90 Å². The standard InChI is InChI=1S/C17H15NO/c1-13-7-9-14(10-8-13)16-11-12-17(19)18(16)15-5-3-2-4-6-15/h2-11H,12H2,1H3. The minimum absolute atomic E-state index is 0.127. The SMILES string of the molecule is Cc1ccc(C2=CCC(=O)N2c2ccccc2)cc1. The summed E-state index contributed by atoms with van der Waals surface area (Å²) in [6.07, 6.45) is 2.47. The first kappa shape index (κ1) is 11.7. The van der Waals surface area contributed by atoms with E-state index in [9.17, 15) is 4.79 Å². The number of rotatable bonds is 2. The van der Waals surface area contributed by atoms with Crippen LogP contribution >= 0.6 is 0 Å². The van der Waals surface area contributed by atoms with E-state index in [0.717, 1.165) is 16.9 Å². The van der Waals surface area contributed by atoms with Crippen LogP contribution in [-0.2, 0) is 4.79 Å². The van der Waals surface area contributed by atoms with Crippen molar-refractivity contribution < 1.29 is 4.79 Å². The molecule has 0 bridgehead atoms. The van der Waals surface area contributed by atoms with Gasteiger partial charge in [0.2, 0.25) is 5.91 Å². The van der Waals surface area contributed by atoms with Crippen LogP contribution in [-0.4, -0.2) is 5.91 Å². The van der Waals surface area contributed by atoms with Gasteiger partial charge < -0.3 is 0 Å². The molecule has 19 heavy (non-hydrogen) atoms. The monoisotopic (exact) mass is 249 g/mol. The molecule has 2 aromatic carbocycles. The first-order valence-corrected chi connectivity index (χ1v) is 6.41. The second-order valence-electron chi connectivity index (χ2n) is 4.72. The van der Waals surface area contributed by atoms with Crippen LogP contribution in [0.4, 0.5) is 5.69 Å². The molecule has 0 aromatic heterocycles. The minimum atomic E-state index is 0.127. The average Bonchev–Trinajstić information content (AvgIpc) is 2.82. The quantitative estimate of drug-likeness (QED) is 0.793. The molecule has 1 aliphatic rings. The number of carbonyl (C=O) groups excluding carboxylic acids is 1. The molecule has 2 nitrogen and oxygen atoms in total. The van der Waals surface area contributed by atoms with E-state index >= 15 is 0 Å². The number of hydrogen-bond donors (Lipinski definition) is 0. The minimum Gasteiger partial charge on any atom is -0.281 e. The highest BCUT2D eigenvalue weighted by Crippen LogP contribution is 2.31. The summed E-state index contributed by atoms with van der Waals surface area (Å²) in [5, 5.41) is 0. The third-order valence-corrected chi connectivity index (χ3v) is 3.32. The van der Waals surface area contributed by atoms with Crippen molar-refractivity contribution in [3.63, 3.8) is 0 Å². The van der Waals surface area contributed by atoms with Gasteiger partial charge in [0.05, 0.1) is 5.70 Å². The lowest BCUT2D eigenvalue weighted by Crippen LogP contribution is -2.23. The van der Waals surface area contributed by atoms with E-state index in [1.54, 1.807) is 4.90 Å². The summed E-state index contributed by atoms with van der Waals surface area (Å²) >= 11 is 0. The Labute approximate surface area is 113 Å². The Morgan fingerprint density at radius 1 is 0.947 bits per heavy atom. The molecule has 0 unspecified atom stereocenters. The fourth-order valence-electron chi connectivity index (χ4n) is 2.33. The Morgan fingerprint density at radius 2 is 1.63 bits per heavy atom. The van der Waals surface area contributed by atoms with E-state index < -0.39 is 0 Å². The van der Waals surface area contributed by atoms with Crippen molar-refractivity contribution in [1.82, 2.24) is 0 Å². The van der Waals surface area contributed by atoms with Gasteiger partial charge in [-0.25, -0.2) is 0 Å². The maximum Gasteiger partial charge on any atom is 0.235 e. The van der Waals surface area contributed by atoms with Crippen molar-refractivity contribution in [3.8, 4) is 0 Å². The topological polar surface area (TPSA) is 20.3 Å². The van der Waals surface area contributed by atoms with E-state index in [1.807, 2.05) is 36.4 Å². The lowest BCUT2D eigenvalue weighted by molar-refractivity contribution is -0.116. The van der Waals surface area contributed by atoms with E-state index in [-0.39, 0.29) is 5.91 Å². The molecular formula is C17H15NO. The van der Waals surface area contributed by atoms with Crippen molar-refractivity contribution in [2.24, 2.45) is 0 Å². The van der Waals surface area contributed by atoms with Gasteiger partial charge in [0.15, 0.2) is 0 Å². The fraction of sp³-hybridized carbons (Fsp3) is 0.118. The molecule has 0 saturated heterocycles. The maximum atomic E-state index is 12.1. The zero-order valence-corrected chi connectivity index (χ0v) is 10.8. The van der Waals surface area contributed by atoms with Crippen LogP contribution in [0, 0.1) is 6.92 Å². The highest BCUT2D eigenvalue weighted by Gasteiger charge is 2.25. The molecule has 0 fully saturated rings. The molecular weight excluding hydrogens is 234 g/mol. The van der Waals surface area contributed by atoms with Crippen LogP contribution in [0.2, 0.25) is 0 Å². The molecule has 0 atom stereocenters. The normalized spacial score (nSPS) is 14.7. The molecule has 0 radical (unpaired) electrons. The van der Waals surface area contributed by atoms with Crippen LogP contribution < -0.4 is 4.90 Å². The highest BCUT2D eigenvalue weighted by molar-refractivity contribution is 6.10. The van der Waals surface area contributed by atoms with Crippen LogP contribution in [0.15, 0.2) is 60.7 Å². The van der Waals surface area contributed by atoms with E-state index in [0.29, 0.717) is 6.42 Å². The number of amides is 1. The van der Waals surface area contributed by atoms with Crippen LogP contribution in [0.5, 0.6) is 0 Å². The van der Waals surface area contributed by atoms with Crippen molar-refractivity contribution in [2.45, 2.75) is 13.3 Å². The summed E-state index contributed by atoms with van der Waals surface area (Å²) in [5.41, 5.74) is 4.22. The molecule has 0 aliphatic carbocycles. The first-order chi connectivity index (χ1) is 9.25. The van der Waals surface area contributed by atoms with Gasteiger partial charge in [0.1, 0.15) is 0 Å². The molecule has 3 rings (SSSR count). The molecule has 94 valence electrons. The second kappa shape index (κ2) is 4.73. The summed E-state index contributed by atoms with van der Waals surface area (Å²) in [7, 11) is 0. The highest BCUT2D eigenvalue weighted by atomic mass is 16.2. The van der Waals surface area contributed by atoms with Gasteiger partial charge in [-0.05, 0) is 24.6 Å². The van der Waals surface area contributed by atoms with Gasteiger partial charge in [0, 0.05) is 12.1 Å². The molecule has 0 spiro atoms. The first-order valence-electron chi connectivity index (χ1n) is 6.41. The van der Waals surface area contributed by atoms with Gasteiger partial charge in [-0.15, -0.1) is 0 Å². The second-order valence-corrected chi connectivity index (χ2v) is 4.72. The summed E-state index contributed by atoms with van der Waals surface area (Å²) in [5.74, 6) is 0.127. The summed E-state index contributed by atoms with van der Waals surface area (Å²) in [4.78, 5) is 13.9. The lowest BCUT2D eigenvalue weighted by atomic mass is 10.1. The molecule has 1 aliphatic heterocycles. The predicted molar refractivity (Wildman–Crippen MR) is 77.7 cm³/mol. The van der Waals surface area contributed by atoms with Gasteiger partial charge >= 0.3 is 0 Å². The van der Waals surface area contributed by atoms with Gasteiger partial charge in [0.25, 0.3) is 0 Å². The van der Waals surface area contributed by atoms with Gasteiger partial charge in [-0.1, -0.05) is 54.1 Å². The fourth-order valence-corrected chi connectivity index (χ4v) is 2.33. The van der Waals surface area contributed by atoms with E-state index in [1.165, 1.54) is 5.56 Å². The van der Waals surface area contributed by atoms with Crippen molar-refractivity contribution in [1.29, 1.82) is 0 Å². The van der Waals surface area contributed by atoms with Gasteiger partial charge in [-0.2, -0.15) is 0 Å². The smallest absolute Gasteiger partial charge is 0.235 e. The van der Waals surface area contributed by atoms with E-state index in [4.69, 9.17) is 0 Å². The summed E-state index contributed by atoms with van der Waals surface area (Å²) < 4.78 is 0. The number of hydrogen-bond acceptors (Lipinski definition) is 1. The zero-order chi connectivity index (χ0) is 13.2. The average molecular weight is 249 g/mol. The van der Waals surface area contributed by atoms with Crippen LogP contribution in [0.1, 0.15) is 17.5 Å². The largest absolute Gasteiger partial charge is 0.281 e. The zero-order valence-electron chi connectivity index (χ0n) is 10.8. The number of anilines is 1. The summed E-state index contributed by atoms with van der Waals surface area (Å²) in [6, 6.07) is 18.1.